The largest absolute Gasteiger partial charge is 0.444 e. The van der Waals surface area contributed by atoms with E-state index < -0.39 is 29.9 Å². The van der Waals surface area contributed by atoms with Gasteiger partial charge in [-0.25, -0.2) is 9.59 Å². The van der Waals surface area contributed by atoms with Crippen molar-refractivity contribution in [2.24, 2.45) is 11.5 Å². The van der Waals surface area contributed by atoms with Gasteiger partial charge in [-0.1, -0.05) is 13.8 Å². The standard InChI is InChI=1S/C14H30N4O4.2ClH/c1-5-7-17-12(19)21-10(3)14(16,9-15)11(4)22-13(20)18-8-6-2;;/h10-11H,5-9,15-16H2,1-4H3,(H,17,19)(H,18,20);2*1H. The average Bonchev–Trinajstić information content (AvgIpc) is 2.49. The van der Waals surface area contributed by atoms with Gasteiger partial charge >= 0.3 is 12.2 Å². The first-order valence-electron chi connectivity index (χ1n) is 7.69. The van der Waals surface area contributed by atoms with Crippen molar-refractivity contribution in [1.82, 2.24) is 10.6 Å². The third-order valence-corrected chi connectivity index (χ3v) is 3.47. The smallest absolute Gasteiger partial charge is 0.407 e. The van der Waals surface area contributed by atoms with Crippen LogP contribution in [-0.4, -0.2) is 49.6 Å². The number of alkyl carbamates (subject to hydrolysis) is 2. The molecule has 0 aromatic carbocycles. The lowest BCUT2D eigenvalue weighted by molar-refractivity contribution is -0.00956. The van der Waals surface area contributed by atoms with Gasteiger partial charge < -0.3 is 31.6 Å². The summed E-state index contributed by atoms with van der Waals surface area (Å²) >= 11 is 0. The molecule has 0 aliphatic heterocycles. The molecule has 0 spiro atoms. The number of hydrogen-bond acceptors (Lipinski definition) is 6. The minimum atomic E-state index is -1.17. The maximum absolute atomic E-state index is 11.6. The normalized spacial score (nSPS) is 14.8. The molecule has 0 saturated carbocycles. The van der Waals surface area contributed by atoms with Crippen molar-refractivity contribution in [3.8, 4) is 0 Å². The molecular formula is C14H32Cl2N4O4. The zero-order valence-electron chi connectivity index (χ0n) is 14.8. The average molecular weight is 391 g/mol. The Bertz CT molecular complexity index is 334. The van der Waals surface area contributed by atoms with E-state index in [1.165, 1.54) is 0 Å². The van der Waals surface area contributed by atoms with Crippen LogP contribution >= 0.6 is 24.8 Å². The summed E-state index contributed by atoms with van der Waals surface area (Å²) in [6.07, 6.45) is -0.983. The Morgan fingerprint density at radius 3 is 1.54 bits per heavy atom. The van der Waals surface area contributed by atoms with Crippen LogP contribution in [0.5, 0.6) is 0 Å². The Labute approximate surface area is 156 Å². The first-order valence-corrected chi connectivity index (χ1v) is 7.69. The van der Waals surface area contributed by atoms with Gasteiger partial charge in [-0.3, -0.25) is 0 Å². The van der Waals surface area contributed by atoms with Crippen molar-refractivity contribution in [2.75, 3.05) is 19.6 Å². The number of halogens is 2. The Kier molecular flexibility index (Phi) is 16.7. The highest BCUT2D eigenvalue weighted by Gasteiger charge is 2.41. The molecule has 2 atom stereocenters. The van der Waals surface area contributed by atoms with Gasteiger partial charge in [0, 0.05) is 19.6 Å². The summed E-state index contributed by atoms with van der Waals surface area (Å²) in [6.45, 7) is 8.14. The predicted molar refractivity (Wildman–Crippen MR) is 98.9 cm³/mol. The third-order valence-electron chi connectivity index (χ3n) is 3.47. The van der Waals surface area contributed by atoms with E-state index in [4.69, 9.17) is 20.9 Å². The van der Waals surface area contributed by atoms with E-state index in [9.17, 15) is 9.59 Å². The fourth-order valence-electron chi connectivity index (χ4n) is 1.74. The van der Waals surface area contributed by atoms with E-state index in [1.807, 2.05) is 13.8 Å². The second-order valence-corrected chi connectivity index (χ2v) is 5.27. The first kappa shape index (κ1) is 27.9. The highest BCUT2D eigenvalue weighted by Crippen LogP contribution is 2.18. The molecule has 2 unspecified atom stereocenters. The van der Waals surface area contributed by atoms with Gasteiger partial charge in [0.05, 0.1) is 0 Å². The second-order valence-electron chi connectivity index (χ2n) is 5.27. The summed E-state index contributed by atoms with van der Waals surface area (Å²) < 4.78 is 10.5. The van der Waals surface area contributed by atoms with E-state index in [2.05, 4.69) is 10.6 Å². The van der Waals surface area contributed by atoms with Crippen molar-refractivity contribution < 1.29 is 19.1 Å². The fraction of sp³-hybridized carbons (Fsp3) is 0.857. The molecule has 8 nitrogen and oxygen atoms in total. The van der Waals surface area contributed by atoms with Gasteiger partial charge in [0.25, 0.3) is 0 Å². The number of hydrogen-bond donors (Lipinski definition) is 4. The Balaban J connectivity index is -0.00000220. The van der Waals surface area contributed by atoms with Crippen LogP contribution < -0.4 is 22.1 Å². The molecule has 10 heteroatoms. The summed E-state index contributed by atoms with van der Waals surface area (Å²) in [4.78, 5) is 23.2. The van der Waals surface area contributed by atoms with Gasteiger partial charge in [0.15, 0.2) is 0 Å². The molecule has 0 aliphatic rings. The number of carbonyl (C=O) groups excluding carboxylic acids is 2. The van der Waals surface area contributed by atoms with Gasteiger partial charge in [-0.15, -0.1) is 24.8 Å². The number of amides is 2. The van der Waals surface area contributed by atoms with Crippen LogP contribution in [0.15, 0.2) is 0 Å². The van der Waals surface area contributed by atoms with Crippen LogP contribution in [0.3, 0.4) is 0 Å². The number of nitrogens with one attached hydrogen (secondary N) is 2. The van der Waals surface area contributed by atoms with Crippen molar-refractivity contribution in [3.05, 3.63) is 0 Å². The fourth-order valence-corrected chi connectivity index (χ4v) is 1.74. The number of ether oxygens (including phenoxy) is 2. The molecule has 0 aromatic rings. The Morgan fingerprint density at radius 2 is 1.29 bits per heavy atom. The van der Waals surface area contributed by atoms with Gasteiger partial charge in [0.1, 0.15) is 17.7 Å². The second kappa shape index (κ2) is 14.4. The molecule has 0 aromatic heterocycles. The number of carbonyl (C=O) groups is 2. The van der Waals surface area contributed by atoms with E-state index in [-0.39, 0.29) is 31.4 Å². The monoisotopic (exact) mass is 390 g/mol. The molecule has 24 heavy (non-hydrogen) atoms. The topological polar surface area (TPSA) is 129 Å². The Morgan fingerprint density at radius 1 is 0.958 bits per heavy atom. The van der Waals surface area contributed by atoms with Crippen LogP contribution in [0.25, 0.3) is 0 Å². The summed E-state index contributed by atoms with van der Waals surface area (Å²) in [5.74, 6) is 0. The van der Waals surface area contributed by atoms with Crippen LogP contribution in [0.2, 0.25) is 0 Å². The van der Waals surface area contributed by atoms with E-state index >= 15 is 0 Å². The molecule has 0 saturated heterocycles. The molecule has 0 heterocycles. The molecule has 2 amide bonds. The summed E-state index contributed by atoms with van der Waals surface area (Å²) in [5, 5.41) is 5.18. The highest BCUT2D eigenvalue weighted by atomic mass is 35.5. The SMILES string of the molecule is CCCNC(=O)OC(C)C(N)(CN)C(C)OC(=O)NCCC.Cl.Cl. The maximum Gasteiger partial charge on any atom is 0.407 e. The maximum atomic E-state index is 11.6. The summed E-state index contributed by atoms with van der Waals surface area (Å²) in [6, 6.07) is 0. The highest BCUT2D eigenvalue weighted by molar-refractivity contribution is 5.85. The molecule has 0 bridgehead atoms. The van der Waals surface area contributed by atoms with Gasteiger partial charge in [0.2, 0.25) is 0 Å². The molecule has 146 valence electrons. The lowest BCUT2D eigenvalue weighted by Crippen LogP contribution is -2.65. The predicted octanol–water partition coefficient (Wildman–Crippen LogP) is 1.54. The van der Waals surface area contributed by atoms with Crippen LogP contribution in [0.1, 0.15) is 40.5 Å². The summed E-state index contributed by atoms with van der Waals surface area (Å²) in [7, 11) is 0. The molecule has 6 N–H and O–H groups in total. The Hall–Kier alpha value is -0.960. The number of nitrogens with two attached hydrogens (primary N) is 2. The van der Waals surface area contributed by atoms with E-state index in [1.54, 1.807) is 13.8 Å². The van der Waals surface area contributed by atoms with Crippen LogP contribution in [-0.2, 0) is 9.47 Å². The van der Waals surface area contributed by atoms with Crippen molar-refractivity contribution in [2.45, 2.75) is 58.3 Å². The van der Waals surface area contributed by atoms with Gasteiger partial charge in [-0.05, 0) is 26.7 Å². The van der Waals surface area contributed by atoms with Crippen LogP contribution in [0, 0.1) is 0 Å². The minimum Gasteiger partial charge on any atom is -0.444 e. The summed E-state index contributed by atoms with van der Waals surface area (Å²) in [5.41, 5.74) is 10.7. The quantitative estimate of drug-likeness (QED) is 0.472. The lowest BCUT2D eigenvalue weighted by atomic mass is 9.88. The van der Waals surface area contributed by atoms with Gasteiger partial charge in [-0.2, -0.15) is 0 Å². The van der Waals surface area contributed by atoms with Crippen LogP contribution in [0.4, 0.5) is 9.59 Å². The molecule has 0 aliphatic carbocycles. The van der Waals surface area contributed by atoms with Crippen molar-refractivity contribution in [3.63, 3.8) is 0 Å². The van der Waals surface area contributed by atoms with Crippen molar-refractivity contribution >= 4 is 37.0 Å². The van der Waals surface area contributed by atoms with Crippen molar-refractivity contribution in [1.29, 1.82) is 0 Å². The third kappa shape index (κ3) is 9.36. The van der Waals surface area contributed by atoms with E-state index in [0.29, 0.717) is 13.1 Å². The minimum absolute atomic E-state index is 0. The lowest BCUT2D eigenvalue weighted by Gasteiger charge is -2.37. The zero-order chi connectivity index (χ0) is 17.2. The molecule has 0 fully saturated rings. The number of rotatable bonds is 9. The zero-order valence-corrected chi connectivity index (χ0v) is 16.4. The molecular weight excluding hydrogens is 359 g/mol. The molecule has 0 radical (unpaired) electrons. The first-order chi connectivity index (χ1) is 10.3. The molecule has 0 rings (SSSR count). The van der Waals surface area contributed by atoms with E-state index in [0.717, 1.165) is 12.8 Å².